The summed E-state index contributed by atoms with van der Waals surface area (Å²) in [7, 11) is 0. The molecule has 4 aromatic rings. The summed E-state index contributed by atoms with van der Waals surface area (Å²) < 4.78 is 45.9. The number of anilines is 1. The lowest BCUT2D eigenvalue weighted by Crippen LogP contribution is -2.35. The van der Waals surface area contributed by atoms with E-state index in [2.05, 4.69) is 29.8 Å². The van der Waals surface area contributed by atoms with E-state index in [0.29, 0.717) is 28.9 Å². The summed E-state index contributed by atoms with van der Waals surface area (Å²) in [5.41, 5.74) is 0.467. The SMILES string of the molecule is FC(F)(F)c1cccc2c(OC[C@H]3CCCN3c3ncnc4[nH]cnc34)ccnc12. The molecule has 0 unspecified atom stereocenters. The Balaban J connectivity index is 1.42. The highest BCUT2D eigenvalue weighted by Crippen LogP contribution is 2.36. The van der Waals surface area contributed by atoms with Gasteiger partial charge in [0, 0.05) is 18.1 Å². The Hall–Kier alpha value is -3.43. The summed E-state index contributed by atoms with van der Waals surface area (Å²) in [4.78, 5) is 21.9. The second kappa shape index (κ2) is 7.12. The number of halogens is 3. The van der Waals surface area contributed by atoms with E-state index in [9.17, 15) is 13.2 Å². The number of rotatable bonds is 4. The number of nitrogens with zero attached hydrogens (tertiary/aromatic N) is 5. The van der Waals surface area contributed by atoms with Gasteiger partial charge in [-0.25, -0.2) is 15.0 Å². The lowest BCUT2D eigenvalue weighted by molar-refractivity contribution is -0.136. The zero-order valence-corrected chi connectivity index (χ0v) is 15.7. The Bertz CT molecular complexity index is 1210. The molecule has 3 aromatic heterocycles. The van der Waals surface area contributed by atoms with E-state index in [1.165, 1.54) is 18.6 Å². The zero-order chi connectivity index (χ0) is 20.7. The monoisotopic (exact) mass is 414 g/mol. The number of benzene rings is 1. The van der Waals surface area contributed by atoms with Crippen molar-refractivity contribution in [3.05, 3.63) is 48.7 Å². The van der Waals surface area contributed by atoms with Crippen LogP contribution in [0.15, 0.2) is 43.1 Å². The van der Waals surface area contributed by atoms with Crippen LogP contribution in [0.1, 0.15) is 18.4 Å². The van der Waals surface area contributed by atoms with Crippen molar-refractivity contribution in [2.45, 2.75) is 25.1 Å². The van der Waals surface area contributed by atoms with Crippen LogP contribution in [-0.4, -0.2) is 44.1 Å². The first-order valence-corrected chi connectivity index (χ1v) is 9.51. The number of aromatic nitrogens is 5. The highest BCUT2D eigenvalue weighted by atomic mass is 19.4. The van der Waals surface area contributed by atoms with Crippen LogP contribution in [0.2, 0.25) is 0 Å². The highest BCUT2D eigenvalue weighted by molar-refractivity contribution is 5.88. The lowest BCUT2D eigenvalue weighted by Gasteiger charge is -2.26. The van der Waals surface area contributed by atoms with E-state index in [1.54, 1.807) is 18.5 Å². The number of alkyl halides is 3. The third kappa shape index (κ3) is 3.17. The number of pyridine rings is 1. The molecule has 4 heterocycles. The Morgan fingerprint density at radius 1 is 1.10 bits per heavy atom. The molecule has 30 heavy (non-hydrogen) atoms. The van der Waals surface area contributed by atoms with Gasteiger partial charge in [-0.2, -0.15) is 13.2 Å². The molecule has 154 valence electrons. The largest absolute Gasteiger partial charge is 0.491 e. The number of ether oxygens (including phenoxy) is 1. The molecular weight excluding hydrogens is 397 g/mol. The van der Waals surface area contributed by atoms with Crippen molar-refractivity contribution in [2.24, 2.45) is 0 Å². The third-order valence-corrected chi connectivity index (χ3v) is 5.31. The predicted octanol–water partition coefficient (Wildman–Crippen LogP) is 3.97. The maximum Gasteiger partial charge on any atom is 0.418 e. The maximum absolute atomic E-state index is 13.3. The van der Waals surface area contributed by atoms with Gasteiger partial charge in [0.2, 0.25) is 0 Å². The topological polar surface area (TPSA) is 79.8 Å². The van der Waals surface area contributed by atoms with E-state index < -0.39 is 11.7 Å². The van der Waals surface area contributed by atoms with Crippen molar-refractivity contribution < 1.29 is 17.9 Å². The van der Waals surface area contributed by atoms with Gasteiger partial charge in [-0.15, -0.1) is 0 Å². The first kappa shape index (κ1) is 18.6. The maximum atomic E-state index is 13.3. The smallest absolute Gasteiger partial charge is 0.418 e. The molecule has 0 radical (unpaired) electrons. The number of para-hydroxylation sites is 1. The van der Waals surface area contributed by atoms with Gasteiger partial charge >= 0.3 is 6.18 Å². The minimum atomic E-state index is -4.48. The van der Waals surface area contributed by atoms with Gasteiger partial charge in [0.1, 0.15) is 24.2 Å². The number of H-pyrrole nitrogens is 1. The lowest BCUT2D eigenvalue weighted by atomic mass is 10.1. The van der Waals surface area contributed by atoms with Crippen LogP contribution in [-0.2, 0) is 6.18 Å². The molecule has 1 fully saturated rings. The van der Waals surface area contributed by atoms with E-state index in [1.807, 2.05) is 0 Å². The number of hydrogen-bond acceptors (Lipinski definition) is 6. The average molecular weight is 414 g/mol. The van der Waals surface area contributed by atoms with E-state index in [0.717, 1.165) is 31.3 Å². The number of imidazole rings is 1. The van der Waals surface area contributed by atoms with Crippen LogP contribution in [0.4, 0.5) is 19.0 Å². The molecule has 0 aliphatic carbocycles. The molecule has 0 saturated carbocycles. The van der Waals surface area contributed by atoms with Crippen molar-refractivity contribution >= 4 is 27.9 Å². The fourth-order valence-corrected chi connectivity index (χ4v) is 3.94. The first-order chi connectivity index (χ1) is 14.5. The number of fused-ring (bicyclic) bond motifs is 2. The molecular formula is C20H17F3N6O. The minimum absolute atomic E-state index is 0.0221. The normalized spacial score (nSPS) is 17.2. The third-order valence-electron chi connectivity index (χ3n) is 5.31. The fraction of sp³-hybridized carbons (Fsp3) is 0.300. The van der Waals surface area contributed by atoms with Crippen molar-refractivity contribution in [2.75, 3.05) is 18.1 Å². The Labute approximate surface area is 168 Å². The summed E-state index contributed by atoms with van der Waals surface area (Å²) >= 11 is 0. The molecule has 1 N–H and O–H groups in total. The fourth-order valence-electron chi connectivity index (χ4n) is 3.94. The Morgan fingerprint density at radius 3 is 2.87 bits per heavy atom. The van der Waals surface area contributed by atoms with Crippen molar-refractivity contribution in [3.8, 4) is 5.75 Å². The van der Waals surface area contributed by atoms with Crippen LogP contribution in [0.5, 0.6) is 5.75 Å². The van der Waals surface area contributed by atoms with Gasteiger partial charge in [0.25, 0.3) is 0 Å². The molecule has 0 bridgehead atoms. The average Bonchev–Trinajstić information content (AvgIpc) is 3.40. The predicted molar refractivity (Wildman–Crippen MR) is 104 cm³/mol. The first-order valence-electron chi connectivity index (χ1n) is 9.51. The van der Waals surface area contributed by atoms with Gasteiger partial charge in [0.05, 0.1) is 23.4 Å². The van der Waals surface area contributed by atoms with E-state index in [4.69, 9.17) is 4.74 Å². The van der Waals surface area contributed by atoms with Crippen LogP contribution < -0.4 is 9.64 Å². The Morgan fingerprint density at radius 2 is 2.00 bits per heavy atom. The summed E-state index contributed by atoms with van der Waals surface area (Å²) in [5.74, 6) is 1.11. The van der Waals surface area contributed by atoms with Crippen LogP contribution in [0.25, 0.3) is 22.1 Å². The summed E-state index contributed by atoms with van der Waals surface area (Å²) in [6.45, 7) is 1.10. The zero-order valence-electron chi connectivity index (χ0n) is 15.7. The molecule has 0 spiro atoms. The van der Waals surface area contributed by atoms with Gasteiger partial charge in [0.15, 0.2) is 11.5 Å². The summed E-state index contributed by atoms with van der Waals surface area (Å²) in [6, 6.07) is 5.61. The van der Waals surface area contributed by atoms with Gasteiger partial charge in [-0.05, 0) is 31.0 Å². The molecule has 1 aromatic carbocycles. The van der Waals surface area contributed by atoms with Crippen molar-refractivity contribution in [1.82, 2.24) is 24.9 Å². The van der Waals surface area contributed by atoms with E-state index >= 15 is 0 Å². The van der Waals surface area contributed by atoms with Gasteiger partial charge < -0.3 is 14.6 Å². The molecule has 7 nitrogen and oxygen atoms in total. The van der Waals surface area contributed by atoms with E-state index in [-0.39, 0.29) is 11.6 Å². The molecule has 1 aliphatic rings. The molecule has 5 rings (SSSR count). The highest BCUT2D eigenvalue weighted by Gasteiger charge is 2.34. The Kier molecular flexibility index (Phi) is 4.41. The van der Waals surface area contributed by atoms with Crippen LogP contribution in [0, 0.1) is 0 Å². The molecule has 10 heteroatoms. The second-order valence-electron chi connectivity index (χ2n) is 7.11. The van der Waals surface area contributed by atoms with Gasteiger partial charge in [-0.1, -0.05) is 6.07 Å². The number of hydrogen-bond donors (Lipinski definition) is 1. The standard InChI is InChI=1S/C20H17F3N6O/c21-20(22,23)14-5-1-4-13-15(6-7-24-16(13)14)30-9-12-3-2-8-29(12)19-17-18(26-10-25-17)27-11-28-19/h1,4-7,10-12H,2-3,8-9H2,(H,25,26,27,28)/t12-/m1/s1. The van der Waals surface area contributed by atoms with Crippen molar-refractivity contribution in [1.29, 1.82) is 0 Å². The summed E-state index contributed by atoms with van der Waals surface area (Å²) in [5, 5.41) is 0.341. The molecule has 1 saturated heterocycles. The van der Waals surface area contributed by atoms with Crippen LogP contribution >= 0.6 is 0 Å². The van der Waals surface area contributed by atoms with Crippen LogP contribution in [0.3, 0.4) is 0 Å². The molecule has 0 amide bonds. The van der Waals surface area contributed by atoms with Crippen molar-refractivity contribution in [3.63, 3.8) is 0 Å². The quantitative estimate of drug-likeness (QED) is 0.544. The molecule has 1 aliphatic heterocycles. The van der Waals surface area contributed by atoms with Gasteiger partial charge in [-0.3, -0.25) is 4.98 Å². The second-order valence-corrected chi connectivity index (χ2v) is 7.11. The number of nitrogens with one attached hydrogen (secondary N) is 1. The summed E-state index contributed by atoms with van der Waals surface area (Å²) in [6.07, 6.45) is 1.77. The molecule has 1 atom stereocenters. The minimum Gasteiger partial charge on any atom is -0.491 e. The number of aromatic amines is 1.